The van der Waals surface area contributed by atoms with Gasteiger partial charge in [0.15, 0.2) is 5.58 Å². The van der Waals surface area contributed by atoms with Crippen molar-refractivity contribution >= 4 is 71.9 Å². The quantitative estimate of drug-likeness (QED) is 0.174. The van der Waals surface area contributed by atoms with E-state index in [0.29, 0.717) is 5.89 Å². The van der Waals surface area contributed by atoms with E-state index in [1.807, 2.05) is 42.5 Å². The van der Waals surface area contributed by atoms with Gasteiger partial charge in [-0.25, -0.2) is 4.98 Å². The van der Waals surface area contributed by atoms with Crippen molar-refractivity contribution in [2.24, 2.45) is 0 Å². The second-order valence-electron chi connectivity index (χ2n) is 13.6. The molecule has 0 unspecified atom stereocenters. The van der Waals surface area contributed by atoms with Crippen LogP contribution in [0.2, 0.25) is 0 Å². The van der Waals surface area contributed by atoms with Gasteiger partial charge < -0.3 is 18.3 Å². The number of para-hydroxylation sites is 3. The molecule has 8 aromatic carbocycles. The van der Waals surface area contributed by atoms with Crippen molar-refractivity contribution in [3.05, 3.63) is 188 Å². The Kier molecular flexibility index (Phi) is 6.79. The van der Waals surface area contributed by atoms with Crippen LogP contribution in [0.3, 0.4) is 0 Å². The van der Waals surface area contributed by atoms with Gasteiger partial charge >= 0.3 is 0 Å². The molecular formula is C49H31N3O2. The van der Waals surface area contributed by atoms with Crippen LogP contribution < -0.4 is 4.90 Å². The van der Waals surface area contributed by atoms with Gasteiger partial charge in [-0.2, -0.15) is 0 Å². The van der Waals surface area contributed by atoms with E-state index in [4.69, 9.17) is 13.8 Å². The zero-order valence-electron chi connectivity index (χ0n) is 29.1. The summed E-state index contributed by atoms with van der Waals surface area (Å²) < 4.78 is 15.2. The van der Waals surface area contributed by atoms with Gasteiger partial charge in [0.05, 0.1) is 22.1 Å². The highest BCUT2D eigenvalue weighted by Gasteiger charge is 2.22. The largest absolute Gasteiger partial charge is 0.456 e. The fourth-order valence-electron chi connectivity index (χ4n) is 8.00. The van der Waals surface area contributed by atoms with Gasteiger partial charge in [-0.1, -0.05) is 109 Å². The summed E-state index contributed by atoms with van der Waals surface area (Å²) in [5.74, 6) is 0.594. The van der Waals surface area contributed by atoms with Gasteiger partial charge in [0, 0.05) is 50.4 Å². The highest BCUT2D eigenvalue weighted by atomic mass is 16.4. The topological polar surface area (TPSA) is 47.3 Å². The number of nitrogens with zero attached hydrogens (tertiary/aromatic N) is 3. The molecule has 254 valence electrons. The van der Waals surface area contributed by atoms with Crippen LogP contribution >= 0.6 is 0 Å². The predicted molar refractivity (Wildman–Crippen MR) is 221 cm³/mol. The highest BCUT2D eigenvalue weighted by Crippen LogP contribution is 2.45. The lowest BCUT2D eigenvalue weighted by atomic mass is 10.0. The number of aromatic nitrogens is 2. The Morgan fingerprint density at radius 3 is 1.89 bits per heavy atom. The van der Waals surface area contributed by atoms with Gasteiger partial charge in [-0.15, -0.1) is 0 Å². The minimum absolute atomic E-state index is 0.594. The maximum Gasteiger partial charge on any atom is 0.227 e. The molecule has 3 heterocycles. The lowest BCUT2D eigenvalue weighted by molar-refractivity contribution is 0.619. The summed E-state index contributed by atoms with van der Waals surface area (Å²) in [4.78, 5) is 7.32. The van der Waals surface area contributed by atoms with Crippen molar-refractivity contribution in [1.82, 2.24) is 9.55 Å². The van der Waals surface area contributed by atoms with Crippen LogP contribution in [0.25, 0.3) is 83.1 Å². The molecule has 3 aromatic heterocycles. The molecule has 0 saturated heterocycles. The van der Waals surface area contributed by atoms with Gasteiger partial charge in [-0.3, -0.25) is 0 Å². The molecule has 0 spiro atoms. The monoisotopic (exact) mass is 693 g/mol. The summed E-state index contributed by atoms with van der Waals surface area (Å²) >= 11 is 0. The smallest absolute Gasteiger partial charge is 0.227 e. The maximum atomic E-state index is 6.63. The van der Waals surface area contributed by atoms with Crippen molar-refractivity contribution in [2.45, 2.75) is 0 Å². The molecule has 11 rings (SSSR count). The Bertz CT molecular complexity index is 3160. The molecule has 0 radical (unpaired) electrons. The van der Waals surface area contributed by atoms with E-state index >= 15 is 0 Å². The van der Waals surface area contributed by atoms with Crippen molar-refractivity contribution in [2.75, 3.05) is 4.90 Å². The van der Waals surface area contributed by atoms with Gasteiger partial charge in [0.25, 0.3) is 0 Å². The summed E-state index contributed by atoms with van der Waals surface area (Å²) in [6, 6.07) is 65.7. The van der Waals surface area contributed by atoms with Gasteiger partial charge in [-0.05, 0) is 78.4 Å². The van der Waals surface area contributed by atoms with E-state index in [2.05, 4.69) is 155 Å². The maximum absolute atomic E-state index is 6.63. The molecule has 0 fully saturated rings. The van der Waals surface area contributed by atoms with Gasteiger partial charge in [0.2, 0.25) is 5.89 Å². The van der Waals surface area contributed by atoms with E-state index in [9.17, 15) is 0 Å². The van der Waals surface area contributed by atoms with Crippen LogP contribution in [0.1, 0.15) is 0 Å². The fraction of sp³-hybridized carbons (Fsp3) is 0. The summed E-state index contributed by atoms with van der Waals surface area (Å²) in [5, 5.41) is 4.36. The highest BCUT2D eigenvalue weighted by molar-refractivity contribution is 6.17. The average Bonchev–Trinajstić information content (AvgIpc) is 3.94. The summed E-state index contributed by atoms with van der Waals surface area (Å²) in [7, 11) is 0. The first-order chi connectivity index (χ1) is 26.8. The van der Waals surface area contributed by atoms with Crippen molar-refractivity contribution in [3.8, 4) is 28.3 Å². The molecule has 0 amide bonds. The van der Waals surface area contributed by atoms with E-state index < -0.39 is 0 Å². The molecule has 0 aliphatic rings. The molecule has 0 saturated carbocycles. The van der Waals surface area contributed by atoms with Crippen LogP contribution in [0, 0.1) is 0 Å². The van der Waals surface area contributed by atoms with E-state index in [1.165, 1.54) is 16.3 Å². The van der Waals surface area contributed by atoms with Crippen LogP contribution in [0.5, 0.6) is 0 Å². The Balaban J connectivity index is 1.15. The standard InChI is InChI=1S/C49H31N3O2/c1-4-14-32(15-5-1)37-20-10-12-22-41(37)51(35-24-26-39-38-21-11-13-23-42(38)52(43(39)30-35)34-18-8-3-9-19-34)36-25-27-40-46(31-36)53-44-28-29-45-48(47(40)44)50-49(54-45)33-16-6-2-7-17-33/h1-31H. The summed E-state index contributed by atoms with van der Waals surface area (Å²) in [6.45, 7) is 0. The molecule has 54 heavy (non-hydrogen) atoms. The van der Waals surface area contributed by atoms with Crippen molar-refractivity contribution in [3.63, 3.8) is 0 Å². The van der Waals surface area contributed by atoms with E-state index in [0.717, 1.165) is 78.0 Å². The SMILES string of the molecule is c1ccc(-c2nc3c(ccc4oc5cc(N(c6ccc7c8ccccc8n(-c8ccccc8)c7c6)c6ccccc6-c6ccccc6)ccc5c43)o2)cc1. The third-order valence-electron chi connectivity index (χ3n) is 10.4. The molecule has 5 heteroatoms. The number of rotatable bonds is 6. The minimum Gasteiger partial charge on any atom is -0.456 e. The summed E-state index contributed by atoms with van der Waals surface area (Å²) in [6.07, 6.45) is 0. The second-order valence-corrected chi connectivity index (χ2v) is 13.6. The molecular weight excluding hydrogens is 663 g/mol. The van der Waals surface area contributed by atoms with Crippen LogP contribution in [0.15, 0.2) is 197 Å². The van der Waals surface area contributed by atoms with Crippen molar-refractivity contribution in [1.29, 1.82) is 0 Å². The van der Waals surface area contributed by atoms with E-state index in [-0.39, 0.29) is 0 Å². The first-order valence-corrected chi connectivity index (χ1v) is 18.1. The molecule has 0 N–H and O–H groups in total. The Morgan fingerprint density at radius 1 is 0.444 bits per heavy atom. The Labute approximate surface area is 310 Å². The van der Waals surface area contributed by atoms with Crippen LogP contribution in [-0.4, -0.2) is 9.55 Å². The number of benzene rings is 8. The number of hydrogen-bond acceptors (Lipinski definition) is 4. The number of anilines is 3. The number of furan rings is 1. The molecule has 0 aliphatic carbocycles. The number of hydrogen-bond donors (Lipinski definition) is 0. The van der Waals surface area contributed by atoms with Crippen molar-refractivity contribution < 1.29 is 8.83 Å². The number of fused-ring (bicyclic) bond motifs is 8. The Morgan fingerprint density at radius 2 is 1.07 bits per heavy atom. The molecule has 11 aromatic rings. The normalized spacial score (nSPS) is 11.7. The third kappa shape index (κ3) is 4.76. The Hall–Kier alpha value is -7.37. The second kappa shape index (κ2) is 12.1. The minimum atomic E-state index is 0.594. The lowest BCUT2D eigenvalue weighted by Gasteiger charge is -2.28. The first kappa shape index (κ1) is 30.3. The van der Waals surface area contributed by atoms with Gasteiger partial charge in [0.1, 0.15) is 16.7 Å². The number of oxazole rings is 1. The van der Waals surface area contributed by atoms with Crippen LogP contribution in [-0.2, 0) is 0 Å². The zero-order valence-corrected chi connectivity index (χ0v) is 29.1. The van der Waals surface area contributed by atoms with E-state index in [1.54, 1.807) is 0 Å². The zero-order chi connectivity index (χ0) is 35.6. The molecule has 0 aliphatic heterocycles. The molecule has 5 nitrogen and oxygen atoms in total. The third-order valence-corrected chi connectivity index (χ3v) is 10.4. The lowest BCUT2D eigenvalue weighted by Crippen LogP contribution is -2.11. The predicted octanol–water partition coefficient (Wildman–Crippen LogP) is 13.6. The molecule has 0 bridgehead atoms. The molecule has 0 atom stereocenters. The summed E-state index contributed by atoms with van der Waals surface area (Å²) in [5.41, 5.74) is 12.8. The fourth-order valence-corrected chi connectivity index (χ4v) is 8.00. The average molecular weight is 694 g/mol. The van der Waals surface area contributed by atoms with Crippen LogP contribution in [0.4, 0.5) is 17.1 Å². The first-order valence-electron chi connectivity index (χ1n) is 18.1.